The van der Waals surface area contributed by atoms with Gasteiger partial charge in [0.05, 0.1) is 6.54 Å². The second kappa shape index (κ2) is 13.0. The Morgan fingerprint density at radius 2 is 1.97 bits per heavy atom. The minimum atomic E-state index is -0.350. The molecule has 9 heteroatoms. The molecule has 1 N–H and O–H groups in total. The molecule has 1 aromatic rings. The Bertz CT molecular complexity index is 724. The molecule has 1 heterocycles. The van der Waals surface area contributed by atoms with Crippen LogP contribution in [0.5, 0.6) is 5.75 Å². The summed E-state index contributed by atoms with van der Waals surface area (Å²) in [5, 5.41) is 3.37. The van der Waals surface area contributed by atoms with Gasteiger partial charge >= 0.3 is 0 Å². The number of amides is 1. The third-order valence-corrected chi connectivity index (χ3v) is 5.94. The maximum atomic E-state index is 13.6. The maximum absolute atomic E-state index is 13.6. The summed E-state index contributed by atoms with van der Waals surface area (Å²) in [5.41, 5.74) is 0. The summed E-state index contributed by atoms with van der Waals surface area (Å²) in [4.78, 5) is 23.0. The Kier molecular flexibility index (Phi) is 10.8. The number of benzene rings is 1. The van der Waals surface area contributed by atoms with Crippen molar-refractivity contribution in [3.8, 4) is 5.75 Å². The summed E-state index contributed by atoms with van der Waals surface area (Å²) in [6.07, 6.45) is 3.34. The Labute approximate surface area is 202 Å². The largest absolute Gasteiger partial charge is 0.489 e. The molecule has 2 fully saturated rings. The van der Waals surface area contributed by atoms with Crippen molar-refractivity contribution in [2.24, 2.45) is 10.9 Å². The summed E-state index contributed by atoms with van der Waals surface area (Å²) in [6.45, 7) is 6.15. The maximum Gasteiger partial charge on any atom is 0.225 e. The van der Waals surface area contributed by atoms with Crippen molar-refractivity contribution < 1.29 is 13.9 Å². The van der Waals surface area contributed by atoms with Crippen molar-refractivity contribution in [2.75, 3.05) is 66.5 Å². The van der Waals surface area contributed by atoms with Gasteiger partial charge in [-0.2, -0.15) is 0 Å². The van der Waals surface area contributed by atoms with Gasteiger partial charge in [-0.05, 0) is 25.0 Å². The minimum Gasteiger partial charge on any atom is -0.489 e. The van der Waals surface area contributed by atoms with Crippen LogP contribution >= 0.6 is 24.0 Å². The summed E-state index contributed by atoms with van der Waals surface area (Å²) in [7, 11) is 3.69. The van der Waals surface area contributed by atoms with Crippen LogP contribution in [0.4, 0.5) is 4.39 Å². The van der Waals surface area contributed by atoms with Crippen LogP contribution in [0, 0.1) is 11.7 Å². The van der Waals surface area contributed by atoms with Crippen LogP contribution in [0.15, 0.2) is 29.3 Å². The van der Waals surface area contributed by atoms with Crippen LogP contribution in [-0.4, -0.2) is 93.1 Å². The van der Waals surface area contributed by atoms with Crippen molar-refractivity contribution in [1.82, 2.24) is 20.0 Å². The highest BCUT2D eigenvalue weighted by Gasteiger charge is 2.31. The molecule has 2 aliphatic rings. The molecule has 0 unspecified atom stereocenters. The fraction of sp³-hybridized carbons (Fsp3) is 0.636. The van der Waals surface area contributed by atoms with E-state index in [-0.39, 0.29) is 35.5 Å². The lowest BCUT2D eigenvalue weighted by Crippen LogP contribution is -2.52. The van der Waals surface area contributed by atoms with Gasteiger partial charge in [0, 0.05) is 59.3 Å². The fourth-order valence-electron chi connectivity index (χ4n) is 3.78. The molecule has 1 aliphatic heterocycles. The lowest BCUT2D eigenvalue weighted by Gasteiger charge is -2.38. The minimum absolute atomic E-state index is 0. The number of aliphatic imine (C=N–C) groups is 1. The van der Waals surface area contributed by atoms with E-state index in [2.05, 4.69) is 15.2 Å². The molecule has 1 amide bonds. The van der Waals surface area contributed by atoms with Crippen LogP contribution in [0.3, 0.4) is 0 Å². The highest BCUT2D eigenvalue weighted by Crippen LogP contribution is 2.28. The molecule has 174 valence electrons. The summed E-state index contributed by atoms with van der Waals surface area (Å²) < 4.78 is 19.1. The average Bonchev–Trinajstić information content (AvgIpc) is 2.71. The lowest BCUT2D eigenvalue weighted by molar-refractivity contribution is -0.139. The van der Waals surface area contributed by atoms with Gasteiger partial charge in [-0.1, -0.05) is 18.6 Å². The van der Waals surface area contributed by atoms with Gasteiger partial charge in [-0.15, -0.1) is 24.0 Å². The number of likely N-dealkylation sites (N-methyl/N-ethyl adjacent to an activating group) is 1. The van der Waals surface area contributed by atoms with Crippen molar-refractivity contribution in [3.05, 3.63) is 30.1 Å². The van der Waals surface area contributed by atoms with E-state index in [1.807, 2.05) is 16.8 Å². The van der Waals surface area contributed by atoms with E-state index in [9.17, 15) is 9.18 Å². The highest BCUT2D eigenvalue weighted by atomic mass is 127. The highest BCUT2D eigenvalue weighted by molar-refractivity contribution is 14.0. The molecular weight excluding hydrogens is 512 g/mol. The summed E-state index contributed by atoms with van der Waals surface area (Å²) in [6, 6.07) is 6.42. The zero-order valence-electron chi connectivity index (χ0n) is 18.6. The first-order valence-corrected chi connectivity index (χ1v) is 10.9. The van der Waals surface area contributed by atoms with E-state index < -0.39 is 0 Å². The van der Waals surface area contributed by atoms with Gasteiger partial charge in [0.1, 0.15) is 6.61 Å². The zero-order chi connectivity index (χ0) is 21.3. The van der Waals surface area contributed by atoms with Crippen LogP contribution in [0.25, 0.3) is 0 Å². The van der Waals surface area contributed by atoms with Gasteiger partial charge in [-0.3, -0.25) is 14.7 Å². The number of piperazine rings is 1. The number of rotatable bonds is 8. The Morgan fingerprint density at radius 3 is 2.58 bits per heavy atom. The molecule has 0 bridgehead atoms. The standard InChI is InChI=1S/C22H34FN5O2.HI/c1-24-22(26(2)16-17-30-20-9-4-3-8-19(20)23)25-10-11-27-12-14-28(15-13-27)21(29)18-6-5-7-18;/h3-4,8-9,18H,5-7,10-17H2,1-2H3,(H,24,25);1H. The van der Waals surface area contributed by atoms with Crippen molar-refractivity contribution >= 4 is 35.8 Å². The molecule has 7 nitrogen and oxygen atoms in total. The third-order valence-electron chi connectivity index (χ3n) is 5.94. The molecule has 1 aliphatic carbocycles. The predicted octanol–water partition coefficient (Wildman–Crippen LogP) is 2.27. The van der Waals surface area contributed by atoms with E-state index in [0.29, 0.717) is 25.0 Å². The Morgan fingerprint density at radius 1 is 1.26 bits per heavy atom. The second-order valence-electron chi connectivity index (χ2n) is 7.97. The van der Waals surface area contributed by atoms with Crippen molar-refractivity contribution in [2.45, 2.75) is 19.3 Å². The van der Waals surface area contributed by atoms with E-state index in [1.165, 1.54) is 12.5 Å². The number of hydrogen-bond donors (Lipinski definition) is 1. The van der Waals surface area contributed by atoms with Crippen LogP contribution < -0.4 is 10.1 Å². The van der Waals surface area contributed by atoms with Gasteiger partial charge in [-0.25, -0.2) is 4.39 Å². The number of para-hydroxylation sites is 1. The number of guanidine groups is 1. The number of hydrogen-bond acceptors (Lipinski definition) is 4. The smallest absolute Gasteiger partial charge is 0.225 e. The zero-order valence-corrected chi connectivity index (χ0v) is 20.9. The van der Waals surface area contributed by atoms with E-state index in [4.69, 9.17) is 4.74 Å². The number of carbonyl (C=O) groups is 1. The SMILES string of the molecule is CN=C(NCCN1CCN(C(=O)C2CCC2)CC1)N(C)CCOc1ccccc1F.I. The quantitative estimate of drug-likeness (QED) is 0.308. The number of nitrogens with zero attached hydrogens (tertiary/aromatic N) is 4. The Hall–Kier alpha value is -1.62. The molecule has 0 atom stereocenters. The molecular formula is C22H35FIN5O2. The molecule has 31 heavy (non-hydrogen) atoms. The third kappa shape index (κ3) is 7.48. The number of nitrogens with one attached hydrogen (secondary N) is 1. The molecule has 1 saturated carbocycles. The van der Waals surface area contributed by atoms with E-state index in [0.717, 1.165) is 58.1 Å². The second-order valence-corrected chi connectivity index (χ2v) is 7.97. The van der Waals surface area contributed by atoms with Crippen molar-refractivity contribution in [3.63, 3.8) is 0 Å². The van der Waals surface area contributed by atoms with Gasteiger partial charge < -0.3 is 19.9 Å². The monoisotopic (exact) mass is 547 g/mol. The lowest BCUT2D eigenvalue weighted by atomic mass is 9.84. The number of carbonyl (C=O) groups excluding carboxylic acids is 1. The first-order valence-electron chi connectivity index (χ1n) is 10.9. The topological polar surface area (TPSA) is 60.4 Å². The molecule has 0 radical (unpaired) electrons. The normalized spacial score (nSPS) is 17.5. The molecule has 0 aromatic heterocycles. The van der Waals surface area contributed by atoms with E-state index in [1.54, 1.807) is 25.2 Å². The van der Waals surface area contributed by atoms with E-state index >= 15 is 0 Å². The number of halogens is 2. The van der Waals surface area contributed by atoms with Gasteiger partial charge in [0.15, 0.2) is 17.5 Å². The van der Waals surface area contributed by atoms with Gasteiger partial charge in [0.2, 0.25) is 5.91 Å². The molecule has 1 aromatic carbocycles. The van der Waals surface area contributed by atoms with Crippen LogP contribution in [0.2, 0.25) is 0 Å². The predicted molar refractivity (Wildman–Crippen MR) is 132 cm³/mol. The van der Waals surface area contributed by atoms with Gasteiger partial charge in [0.25, 0.3) is 0 Å². The van der Waals surface area contributed by atoms with Crippen LogP contribution in [0.1, 0.15) is 19.3 Å². The first kappa shape index (κ1) is 25.6. The fourth-order valence-corrected chi connectivity index (χ4v) is 3.78. The Balaban J connectivity index is 0.00000341. The average molecular weight is 547 g/mol. The van der Waals surface area contributed by atoms with Crippen molar-refractivity contribution in [1.29, 1.82) is 0 Å². The first-order chi connectivity index (χ1) is 14.6. The van der Waals surface area contributed by atoms with Crippen LogP contribution in [-0.2, 0) is 4.79 Å². The number of ether oxygens (including phenoxy) is 1. The molecule has 1 saturated heterocycles. The molecule has 3 rings (SSSR count). The summed E-state index contributed by atoms with van der Waals surface area (Å²) >= 11 is 0. The summed E-state index contributed by atoms with van der Waals surface area (Å²) in [5.74, 6) is 1.35. The molecule has 0 spiro atoms.